The number of hydrogen-bond acceptors (Lipinski definition) is 3. The van der Waals surface area contributed by atoms with E-state index in [4.69, 9.17) is 4.74 Å². The molecule has 0 fully saturated rings. The molecule has 0 amide bonds. The first-order chi connectivity index (χ1) is 9.05. The van der Waals surface area contributed by atoms with Gasteiger partial charge in [-0.05, 0) is 36.8 Å². The third-order valence-electron chi connectivity index (χ3n) is 3.04. The van der Waals surface area contributed by atoms with E-state index in [1.54, 1.807) is 13.3 Å². The van der Waals surface area contributed by atoms with Gasteiger partial charge in [0.15, 0.2) is 0 Å². The zero-order valence-electron chi connectivity index (χ0n) is 11.6. The minimum absolute atomic E-state index is 0.0133. The van der Waals surface area contributed by atoms with E-state index in [1.807, 2.05) is 38.1 Å². The Bertz CT molecular complexity index is 603. The summed E-state index contributed by atoms with van der Waals surface area (Å²) in [5.41, 5.74) is 0.444. The summed E-state index contributed by atoms with van der Waals surface area (Å²) in [5.74, 6) is 0.788. The van der Waals surface area contributed by atoms with Crippen molar-refractivity contribution in [2.24, 2.45) is 4.99 Å². The van der Waals surface area contributed by atoms with Crippen molar-refractivity contribution < 1.29 is 9.84 Å². The zero-order valence-corrected chi connectivity index (χ0v) is 11.6. The molecule has 0 aromatic heterocycles. The van der Waals surface area contributed by atoms with Crippen LogP contribution in [-0.2, 0) is 0 Å². The van der Waals surface area contributed by atoms with Crippen molar-refractivity contribution >= 4 is 17.0 Å². The highest BCUT2D eigenvalue weighted by Crippen LogP contribution is 2.25. The normalized spacial score (nSPS) is 12.2. The second-order valence-corrected chi connectivity index (χ2v) is 5.17. The standard InChI is InChI=1S/C16H19NO2/c1-16(2,11-18)17-10-14-8-12-6-4-5-7-13(12)9-15(14)19-3/h4-10,18H,11H2,1-3H3. The maximum Gasteiger partial charge on any atom is 0.128 e. The Morgan fingerprint density at radius 2 is 1.84 bits per heavy atom. The summed E-state index contributed by atoms with van der Waals surface area (Å²) in [4.78, 5) is 4.41. The molecule has 100 valence electrons. The number of hydrogen-bond donors (Lipinski definition) is 1. The van der Waals surface area contributed by atoms with Crippen molar-refractivity contribution in [3.63, 3.8) is 0 Å². The first-order valence-electron chi connectivity index (χ1n) is 6.28. The average molecular weight is 257 g/mol. The Hall–Kier alpha value is -1.87. The molecule has 2 aromatic rings. The van der Waals surface area contributed by atoms with Crippen LogP contribution in [0.1, 0.15) is 19.4 Å². The van der Waals surface area contributed by atoms with E-state index in [2.05, 4.69) is 17.1 Å². The number of benzene rings is 2. The van der Waals surface area contributed by atoms with E-state index in [-0.39, 0.29) is 6.61 Å². The number of nitrogens with zero attached hydrogens (tertiary/aromatic N) is 1. The van der Waals surface area contributed by atoms with E-state index < -0.39 is 5.54 Å². The van der Waals surface area contributed by atoms with Gasteiger partial charge in [-0.15, -0.1) is 0 Å². The molecule has 0 radical (unpaired) electrons. The molecule has 3 heteroatoms. The summed E-state index contributed by atoms with van der Waals surface area (Å²) in [6, 6.07) is 12.2. The molecular weight excluding hydrogens is 238 g/mol. The van der Waals surface area contributed by atoms with Gasteiger partial charge >= 0.3 is 0 Å². The van der Waals surface area contributed by atoms with Crippen LogP contribution in [0.5, 0.6) is 5.75 Å². The molecule has 0 bridgehead atoms. The topological polar surface area (TPSA) is 41.8 Å². The molecular formula is C16H19NO2. The summed E-state index contributed by atoms with van der Waals surface area (Å²) in [5, 5.41) is 11.5. The van der Waals surface area contributed by atoms with Crippen LogP contribution in [-0.4, -0.2) is 30.6 Å². The molecule has 2 rings (SSSR count). The van der Waals surface area contributed by atoms with Gasteiger partial charge in [-0.1, -0.05) is 24.3 Å². The first kappa shape index (κ1) is 13.6. The summed E-state index contributed by atoms with van der Waals surface area (Å²) >= 11 is 0. The number of aliphatic imine (C=N–C) groups is 1. The maximum atomic E-state index is 9.23. The lowest BCUT2D eigenvalue weighted by Crippen LogP contribution is -2.22. The third kappa shape index (κ3) is 3.12. The number of aliphatic hydroxyl groups excluding tert-OH is 1. The molecule has 0 aliphatic heterocycles. The summed E-state index contributed by atoms with van der Waals surface area (Å²) in [6.45, 7) is 3.79. The lowest BCUT2D eigenvalue weighted by molar-refractivity contribution is 0.223. The number of fused-ring (bicyclic) bond motifs is 1. The van der Waals surface area contributed by atoms with Crippen LogP contribution in [0.25, 0.3) is 10.8 Å². The van der Waals surface area contributed by atoms with Gasteiger partial charge < -0.3 is 9.84 Å². The molecule has 0 unspecified atom stereocenters. The number of methoxy groups -OCH3 is 1. The van der Waals surface area contributed by atoms with Crippen molar-refractivity contribution in [3.8, 4) is 5.75 Å². The SMILES string of the molecule is COc1cc2ccccc2cc1C=NC(C)(C)CO. The van der Waals surface area contributed by atoms with Crippen molar-refractivity contribution in [2.45, 2.75) is 19.4 Å². The first-order valence-corrected chi connectivity index (χ1v) is 6.28. The summed E-state index contributed by atoms with van der Waals surface area (Å²) in [7, 11) is 1.65. The third-order valence-corrected chi connectivity index (χ3v) is 3.04. The van der Waals surface area contributed by atoms with E-state index in [0.717, 1.165) is 22.1 Å². The molecule has 3 nitrogen and oxygen atoms in total. The smallest absolute Gasteiger partial charge is 0.128 e. The largest absolute Gasteiger partial charge is 0.496 e. The van der Waals surface area contributed by atoms with Crippen molar-refractivity contribution in [1.82, 2.24) is 0 Å². The van der Waals surface area contributed by atoms with E-state index in [0.29, 0.717) is 0 Å². The van der Waals surface area contributed by atoms with Crippen molar-refractivity contribution in [3.05, 3.63) is 42.0 Å². The molecule has 19 heavy (non-hydrogen) atoms. The number of aliphatic hydroxyl groups is 1. The zero-order chi connectivity index (χ0) is 13.9. The lowest BCUT2D eigenvalue weighted by atomic mass is 10.1. The lowest BCUT2D eigenvalue weighted by Gasteiger charge is -2.15. The van der Waals surface area contributed by atoms with Crippen LogP contribution < -0.4 is 4.74 Å². The average Bonchev–Trinajstić information content (AvgIpc) is 2.44. The fourth-order valence-corrected chi connectivity index (χ4v) is 1.80. The predicted molar refractivity (Wildman–Crippen MR) is 79.3 cm³/mol. The highest BCUT2D eigenvalue weighted by Gasteiger charge is 2.13. The molecule has 1 N–H and O–H groups in total. The predicted octanol–water partition coefficient (Wildman–Crippen LogP) is 3.04. The van der Waals surface area contributed by atoms with Gasteiger partial charge in [0, 0.05) is 11.8 Å². The van der Waals surface area contributed by atoms with E-state index in [9.17, 15) is 5.11 Å². The Balaban J connectivity index is 2.47. The fraction of sp³-hybridized carbons (Fsp3) is 0.312. The van der Waals surface area contributed by atoms with E-state index in [1.165, 1.54) is 0 Å². The van der Waals surface area contributed by atoms with Gasteiger partial charge in [-0.3, -0.25) is 4.99 Å². The Kier molecular flexibility index (Phi) is 3.86. The minimum Gasteiger partial charge on any atom is -0.496 e. The van der Waals surface area contributed by atoms with Gasteiger partial charge in [0.25, 0.3) is 0 Å². The Labute approximate surface area is 113 Å². The minimum atomic E-state index is -0.476. The van der Waals surface area contributed by atoms with Crippen LogP contribution >= 0.6 is 0 Å². The van der Waals surface area contributed by atoms with Crippen LogP contribution in [0.2, 0.25) is 0 Å². The monoisotopic (exact) mass is 257 g/mol. The summed E-state index contributed by atoms with van der Waals surface area (Å²) < 4.78 is 5.40. The molecule has 0 spiro atoms. The molecule has 2 aromatic carbocycles. The van der Waals surface area contributed by atoms with Crippen LogP contribution in [0.3, 0.4) is 0 Å². The van der Waals surface area contributed by atoms with Gasteiger partial charge in [0.1, 0.15) is 5.75 Å². The van der Waals surface area contributed by atoms with Gasteiger partial charge in [0.05, 0.1) is 19.3 Å². The second-order valence-electron chi connectivity index (χ2n) is 5.17. The molecule has 0 atom stereocenters. The molecule has 0 aliphatic rings. The van der Waals surface area contributed by atoms with Crippen LogP contribution in [0.4, 0.5) is 0 Å². The molecule has 0 saturated carbocycles. The molecule has 0 saturated heterocycles. The van der Waals surface area contributed by atoms with Crippen LogP contribution in [0, 0.1) is 0 Å². The van der Waals surface area contributed by atoms with Gasteiger partial charge in [-0.25, -0.2) is 0 Å². The van der Waals surface area contributed by atoms with Crippen molar-refractivity contribution in [2.75, 3.05) is 13.7 Å². The van der Waals surface area contributed by atoms with Gasteiger partial charge in [0.2, 0.25) is 0 Å². The Morgan fingerprint density at radius 3 is 2.42 bits per heavy atom. The van der Waals surface area contributed by atoms with E-state index >= 15 is 0 Å². The van der Waals surface area contributed by atoms with Crippen LogP contribution in [0.15, 0.2) is 41.4 Å². The highest BCUT2D eigenvalue weighted by atomic mass is 16.5. The Morgan fingerprint density at radius 1 is 1.21 bits per heavy atom. The number of rotatable bonds is 4. The second kappa shape index (κ2) is 5.41. The molecule has 0 aliphatic carbocycles. The van der Waals surface area contributed by atoms with Crippen molar-refractivity contribution in [1.29, 1.82) is 0 Å². The van der Waals surface area contributed by atoms with Gasteiger partial charge in [-0.2, -0.15) is 0 Å². The quantitative estimate of drug-likeness (QED) is 0.855. The highest BCUT2D eigenvalue weighted by molar-refractivity contribution is 5.94. The molecule has 0 heterocycles. The maximum absolute atomic E-state index is 9.23. The number of ether oxygens (including phenoxy) is 1. The fourth-order valence-electron chi connectivity index (χ4n) is 1.80. The summed E-state index contributed by atoms with van der Waals surface area (Å²) in [6.07, 6.45) is 1.77.